The molecule has 0 saturated carbocycles. The van der Waals surface area contributed by atoms with Crippen LogP contribution in [0.25, 0.3) is 0 Å². The Labute approximate surface area is 131 Å². The van der Waals surface area contributed by atoms with Crippen molar-refractivity contribution >= 4 is 0 Å². The van der Waals surface area contributed by atoms with Crippen LogP contribution in [0.4, 0.5) is 0 Å². The van der Waals surface area contributed by atoms with E-state index in [1.54, 1.807) is 11.1 Å². The molecule has 1 unspecified atom stereocenters. The van der Waals surface area contributed by atoms with Gasteiger partial charge < -0.3 is 5.32 Å². The van der Waals surface area contributed by atoms with Crippen LogP contribution in [-0.4, -0.2) is 12.6 Å². The summed E-state index contributed by atoms with van der Waals surface area (Å²) in [5.41, 5.74) is 3.18. The zero-order chi connectivity index (χ0) is 14.9. The van der Waals surface area contributed by atoms with Crippen molar-refractivity contribution in [1.82, 2.24) is 5.32 Å². The van der Waals surface area contributed by atoms with Crippen LogP contribution < -0.4 is 5.32 Å². The molecular formula is C20H33N. The summed E-state index contributed by atoms with van der Waals surface area (Å²) in [6, 6.07) is 9.74. The van der Waals surface area contributed by atoms with Gasteiger partial charge in [-0.15, -0.1) is 0 Å². The van der Waals surface area contributed by atoms with Crippen molar-refractivity contribution in [3.8, 4) is 0 Å². The molecule has 1 N–H and O–H groups in total. The van der Waals surface area contributed by atoms with Crippen molar-refractivity contribution in [2.24, 2.45) is 5.92 Å². The largest absolute Gasteiger partial charge is 0.314 e. The monoisotopic (exact) mass is 287 g/mol. The second-order valence-electron chi connectivity index (χ2n) is 6.66. The zero-order valence-corrected chi connectivity index (χ0v) is 14.0. The molecule has 0 fully saturated rings. The number of fused-ring (bicyclic) bond motifs is 1. The molecule has 118 valence electrons. The standard InChI is InChI=1S/C20H33N/c1-3-5-6-7-8-9-14-20(21-4-2)19-15-17-12-10-11-13-18(17)16-19/h10-13,19-21H,3-9,14-16H2,1-2H3. The van der Waals surface area contributed by atoms with Crippen molar-refractivity contribution < 1.29 is 0 Å². The second-order valence-corrected chi connectivity index (χ2v) is 6.66. The highest BCUT2D eigenvalue weighted by molar-refractivity contribution is 5.32. The number of hydrogen-bond acceptors (Lipinski definition) is 1. The Bertz CT molecular complexity index is 374. The van der Waals surface area contributed by atoms with Crippen LogP contribution in [0.2, 0.25) is 0 Å². The summed E-state index contributed by atoms with van der Waals surface area (Å²) in [6.07, 6.45) is 12.4. The molecular weight excluding hydrogens is 254 g/mol. The highest BCUT2D eigenvalue weighted by Gasteiger charge is 2.27. The zero-order valence-electron chi connectivity index (χ0n) is 14.0. The molecule has 0 saturated heterocycles. The Hall–Kier alpha value is -0.820. The van der Waals surface area contributed by atoms with Crippen molar-refractivity contribution in [3.05, 3.63) is 35.4 Å². The van der Waals surface area contributed by atoms with Crippen molar-refractivity contribution in [2.45, 2.75) is 77.7 Å². The number of benzene rings is 1. The normalized spacial score (nSPS) is 16.1. The predicted octanol–water partition coefficient (Wildman–Crippen LogP) is 5.13. The Morgan fingerprint density at radius 2 is 1.57 bits per heavy atom. The number of hydrogen-bond donors (Lipinski definition) is 1. The first-order valence-corrected chi connectivity index (χ1v) is 9.15. The first kappa shape index (κ1) is 16.5. The summed E-state index contributed by atoms with van der Waals surface area (Å²) >= 11 is 0. The van der Waals surface area contributed by atoms with Crippen LogP contribution in [0.3, 0.4) is 0 Å². The van der Waals surface area contributed by atoms with E-state index in [1.165, 1.54) is 57.8 Å². The van der Waals surface area contributed by atoms with Crippen LogP contribution in [0.5, 0.6) is 0 Å². The van der Waals surface area contributed by atoms with E-state index in [9.17, 15) is 0 Å². The molecule has 1 aromatic rings. The first-order chi connectivity index (χ1) is 10.3. The first-order valence-electron chi connectivity index (χ1n) is 9.15. The average Bonchev–Trinajstić information content (AvgIpc) is 2.93. The van der Waals surface area contributed by atoms with E-state index in [4.69, 9.17) is 0 Å². The van der Waals surface area contributed by atoms with Gasteiger partial charge in [-0.2, -0.15) is 0 Å². The van der Waals surface area contributed by atoms with Crippen LogP contribution in [0.1, 0.15) is 69.9 Å². The van der Waals surface area contributed by atoms with Gasteiger partial charge in [0.05, 0.1) is 0 Å². The molecule has 0 bridgehead atoms. The summed E-state index contributed by atoms with van der Waals surface area (Å²) < 4.78 is 0. The molecule has 0 heterocycles. The molecule has 0 aliphatic heterocycles. The number of nitrogens with one attached hydrogen (secondary N) is 1. The molecule has 1 atom stereocenters. The van der Waals surface area contributed by atoms with Gasteiger partial charge in [0.2, 0.25) is 0 Å². The van der Waals surface area contributed by atoms with Crippen molar-refractivity contribution in [3.63, 3.8) is 0 Å². The molecule has 0 aromatic heterocycles. The number of unbranched alkanes of at least 4 members (excludes halogenated alkanes) is 5. The van der Waals surface area contributed by atoms with Crippen LogP contribution in [0, 0.1) is 5.92 Å². The molecule has 1 nitrogen and oxygen atoms in total. The molecule has 1 aromatic carbocycles. The summed E-state index contributed by atoms with van der Waals surface area (Å²) in [4.78, 5) is 0. The summed E-state index contributed by atoms with van der Waals surface area (Å²) in [5, 5.41) is 3.76. The lowest BCUT2D eigenvalue weighted by Gasteiger charge is -2.24. The molecule has 2 rings (SSSR count). The molecule has 0 spiro atoms. The molecule has 0 radical (unpaired) electrons. The third kappa shape index (κ3) is 5.14. The maximum absolute atomic E-state index is 3.76. The van der Waals surface area contributed by atoms with Crippen LogP contribution in [0.15, 0.2) is 24.3 Å². The SMILES string of the molecule is CCCCCCCCC(NCC)C1Cc2ccccc2C1. The van der Waals surface area contributed by atoms with Gasteiger partial charge in [0, 0.05) is 6.04 Å². The van der Waals surface area contributed by atoms with Gasteiger partial charge in [0.25, 0.3) is 0 Å². The Kier molecular flexibility index (Phi) is 7.29. The maximum Gasteiger partial charge on any atom is 0.0102 e. The van der Waals surface area contributed by atoms with E-state index in [0.717, 1.165) is 12.5 Å². The minimum atomic E-state index is 0.716. The lowest BCUT2D eigenvalue weighted by Crippen LogP contribution is -2.36. The topological polar surface area (TPSA) is 12.0 Å². The Balaban J connectivity index is 1.75. The third-order valence-corrected chi connectivity index (χ3v) is 4.99. The highest BCUT2D eigenvalue weighted by Crippen LogP contribution is 2.30. The summed E-state index contributed by atoms with van der Waals surface area (Å²) in [6.45, 7) is 5.64. The average molecular weight is 287 g/mol. The van der Waals surface area contributed by atoms with Crippen LogP contribution >= 0.6 is 0 Å². The minimum absolute atomic E-state index is 0.716. The number of rotatable bonds is 10. The van der Waals surface area contributed by atoms with Gasteiger partial charge in [-0.05, 0) is 42.9 Å². The minimum Gasteiger partial charge on any atom is -0.314 e. The van der Waals surface area contributed by atoms with E-state index in [-0.39, 0.29) is 0 Å². The quantitative estimate of drug-likeness (QED) is 0.588. The van der Waals surface area contributed by atoms with Gasteiger partial charge in [-0.3, -0.25) is 0 Å². The fourth-order valence-electron chi connectivity index (χ4n) is 3.79. The Morgan fingerprint density at radius 3 is 2.19 bits per heavy atom. The molecule has 1 heteroatoms. The Morgan fingerprint density at radius 1 is 0.952 bits per heavy atom. The van der Waals surface area contributed by atoms with E-state index in [0.29, 0.717) is 6.04 Å². The lowest BCUT2D eigenvalue weighted by molar-refractivity contribution is 0.340. The van der Waals surface area contributed by atoms with E-state index < -0.39 is 0 Å². The van der Waals surface area contributed by atoms with E-state index in [1.807, 2.05) is 0 Å². The molecule has 21 heavy (non-hydrogen) atoms. The second kappa shape index (κ2) is 9.25. The van der Waals surface area contributed by atoms with E-state index >= 15 is 0 Å². The lowest BCUT2D eigenvalue weighted by atomic mass is 9.91. The van der Waals surface area contributed by atoms with Gasteiger partial charge in [-0.25, -0.2) is 0 Å². The fraction of sp³-hybridized carbons (Fsp3) is 0.700. The van der Waals surface area contributed by atoms with Gasteiger partial charge in [0.15, 0.2) is 0 Å². The van der Waals surface area contributed by atoms with Crippen LogP contribution in [-0.2, 0) is 12.8 Å². The van der Waals surface area contributed by atoms with Gasteiger partial charge in [-0.1, -0.05) is 76.6 Å². The summed E-state index contributed by atoms with van der Waals surface area (Å²) in [5.74, 6) is 0.818. The summed E-state index contributed by atoms with van der Waals surface area (Å²) in [7, 11) is 0. The van der Waals surface area contributed by atoms with Crippen molar-refractivity contribution in [2.75, 3.05) is 6.54 Å². The molecule has 1 aliphatic carbocycles. The van der Waals surface area contributed by atoms with Gasteiger partial charge in [0.1, 0.15) is 0 Å². The fourth-order valence-corrected chi connectivity index (χ4v) is 3.79. The molecule has 0 amide bonds. The highest BCUT2D eigenvalue weighted by atomic mass is 14.9. The smallest absolute Gasteiger partial charge is 0.0102 e. The van der Waals surface area contributed by atoms with Gasteiger partial charge >= 0.3 is 0 Å². The maximum atomic E-state index is 3.76. The van der Waals surface area contributed by atoms with E-state index in [2.05, 4.69) is 43.4 Å². The van der Waals surface area contributed by atoms with Crippen molar-refractivity contribution in [1.29, 1.82) is 0 Å². The third-order valence-electron chi connectivity index (χ3n) is 4.99. The molecule has 1 aliphatic rings. The predicted molar refractivity (Wildman–Crippen MR) is 92.8 cm³/mol.